The first-order valence-electron chi connectivity index (χ1n) is 26.7. The van der Waals surface area contributed by atoms with Crippen LogP contribution in [0.1, 0.15) is 55.0 Å². The molecule has 4 heteroatoms. The molecule has 2 aliphatic rings. The number of fused-ring (bicyclic) bond motifs is 6. The minimum absolute atomic E-state index is 0.199. The number of hydrogen-bond donors (Lipinski definition) is 0. The van der Waals surface area contributed by atoms with Gasteiger partial charge in [-0.05, 0) is 138 Å². The summed E-state index contributed by atoms with van der Waals surface area (Å²) in [5, 5.41) is 2.32. The van der Waals surface area contributed by atoms with Crippen LogP contribution in [0.4, 0.5) is 0 Å². The third-order valence-corrected chi connectivity index (χ3v) is 16.2. The standard InChI is InChI=1S/C73H54N4/c1-72(2)65-36-18-16-34-61(65)63-44-64-62-35-17-19-37-67(62)77(68(64)45-66(63)72)71-75-69(53-30-20-28-51(38-53)57-41-55(48-22-8-4-9-23-48)40-56(42-57)49-24-10-5-11-25-49)74-70(76-71)54-31-21-29-52(39-54)59-43-58(50-26-12-6-13-27-50)46-73(3,47-59)60-32-14-7-15-33-60/h4-45,47H,46H2,1-3H3. The Morgan fingerprint density at radius 1 is 0.364 bits per heavy atom. The summed E-state index contributed by atoms with van der Waals surface area (Å²) in [6, 6.07) is 89.7. The summed E-state index contributed by atoms with van der Waals surface area (Å²) in [5.74, 6) is 1.76. The second-order valence-electron chi connectivity index (χ2n) is 21.5. The van der Waals surface area contributed by atoms with Gasteiger partial charge in [-0.1, -0.05) is 233 Å². The Morgan fingerprint density at radius 2 is 0.870 bits per heavy atom. The van der Waals surface area contributed by atoms with Crippen LogP contribution < -0.4 is 0 Å². The van der Waals surface area contributed by atoms with Gasteiger partial charge in [0.2, 0.25) is 5.95 Å². The lowest BCUT2D eigenvalue weighted by Crippen LogP contribution is -2.22. The van der Waals surface area contributed by atoms with Gasteiger partial charge in [0.15, 0.2) is 11.6 Å². The second kappa shape index (κ2) is 18.4. The number of hydrogen-bond acceptors (Lipinski definition) is 3. The number of aromatic nitrogens is 4. The predicted octanol–water partition coefficient (Wildman–Crippen LogP) is 18.4. The fourth-order valence-corrected chi connectivity index (χ4v) is 12.2. The Kier molecular flexibility index (Phi) is 11.0. The van der Waals surface area contributed by atoms with E-state index < -0.39 is 0 Å². The molecule has 0 spiro atoms. The first-order chi connectivity index (χ1) is 37.7. The van der Waals surface area contributed by atoms with Crippen LogP contribution in [0.3, 0.4) is 0 Å². The van der Waals surface area contributed by atoms with Gasteiger partial charge in [0, 0.05) is 32.7 Å². The monoisotopic (exact) mass is 986 g/mol. The lowest BCUT2D eigenvalue weighted by atomic mass is 9.71. The Bertz CT molecular complexity index is 4260. The summed E-state index contributed by atoms with van der Waals surface area (Å²) in [4.78, 5) is 16.5. The highest BCUT2D eigenvalue weighted by Crippen LogP contribution is 2.51. The number of benzene rings is 10. The lowest BCUT2D eigenvalue weighted by Gasteiger charge is -2.33. The number of nitrogens with zero attached hydrogens (tertiary/aromatic N) is 4. The molecule has 2 aliphatic carbocycles. The van der Waals surface area contributed by atoms with Crippen LogP contribution in [0, 0.1) is 0 Å². The van der Waals surface area contributed by atoms with E-state index in [9.17, 15) is 0 Å². The molecule has 0 bridgehead atoms. The van der Waals surface area contributed by atoms with Gasteiger partial charge < -0.3 is 0 Å². The van der Waals surface area contributed by atoms with Crippen molar-refractivity contribution < 1.29 is 0 Å². The molecule has 0 aliphatic heterocycles. The van der Waals surface area contributed by atoms with Crippen molar-refractivity contribution in [3.05, 3.63) is 289 Å². The molecule has 12 aromatic rings. The van der Waals surface area contributed by atoms with E-state index in [1.54, 1.807) is 0 Å². The zero-order chi connectivity index (χ0) is 51.7. The van der Waals surface area contributed by atoms with Crippen LogP contribution >= 0.6 is 0 Å². The molecule has 0 saturated heterocycles. The van der Waals surface area contributed by atoms with Crippen molar-refractivity contribution in [2.75, 3.05) is 0 Å². The van der Waals surface area contributed by atoms with Crippen LogP contribution in [-0.4, -0.2) is 19.5 Å². The summed E-state index contributed by atoms with van der Waals surface area (Å²) in [5.41, 5.74) is 21.6. The summed E-state index contributed by atoms with van der Waals surface area (Å²) < 4.78 is 2.27. The smallest absolute Gasteiger partial charge is 0.238 e. The number of para-hydroxylation sites is 1. The Morgan fingerprint density at radius 3 is 1.53 bits per heavy atom. The summed E-state index contributed by atoms with van der Waals surface area (Å²) in [6.07, 6.45) is 5.72. The molecule has 4 nitrogen and oxygen atoms in total. The van der Waals surface area contributed by atoms with Crippen LogP contribution in [0.2, 0.25) is 0 Å². The van der Waals surface area contributed by atoms with E-state index in [2.05, 4.69) is 286 Å². The largest absolute Gasteiger partial charge is 0.278 e. The zero-order valence-electron chi connectivity index (χ0n) is 43.3. The topological polar surface area (TPSA) is 43.6 Å². The van der Waals surface area contributed by atoms with Gasteiger partial charge in [0.1, 0.15) is 0 Å². The SMILES string of the molecule is CC1(c2ccccc2)C=C(c2cccc(-c3nc(-c4cccc(-c5cc(-c6ccccc6)cc(-c6ccccc6)c5)c4)nc(-n4c5ccccc5c5cc6c(cc54)C(C)(C)c4ccccc4-6)n3)c2)C=C(c2ccccc2)C1. The second-order valence-corrected chi connectivity index (χ2v) is 21.5. The summed E-state index contributed by atoms with van der Waals surface area (Å²) in [7, 11) is 0. The van der Waals surface area contributed by atoms with Crippen molar-refractivity contribution in [2.24, 2.45) is 0 Å². The van der Waals surface area contributed by atoms with Gasteiger partial charge >= 0.3 is 0 Å². The van der Waals surface area contributed by atoms with Crippen molar-refractivity contribution >= 4 is 33.0 Å². The fourth-order valence-electron chi connectivity index (χ4n) is 12.2. The van der Waals surface area contributed by atoms with Crippen LogP contribution in [-0.2, 0) is 10.8 Å². The summed E-state index contributed by atoms with van der Waals surface area (Å²) >= 11 is 0. The normalized spacial score (nSPS) is 15.5. The van der Waals surface area contributed by atoms with E-state index in [1.165, 1.54) is 55.5 Å². The highest BCUT2D eigenvalue weighted by atomic mass is 15.2. The number of allylic oxidation sites excluding steroid dienone is 4. The third-order valence-electron chi connectivity index (χ3n) is 16.2. The first kappa shape index (κ1) is 46.1. The first-order valence-corrected chi connectivity index (χ1v) is 26.7. The van der Waals surface area contributed by atoms with Crippen molar-refractivity contribution in [3.8, 4) is 73.2 Å². The maximum absolute atomic E-state index is 5.54. The predicted molar refractivity (Wildman–Crippen MR) is 320 cm³/mol. The van der Waals surface area contributed by atoms with E-state index in [0.29, 0.717) is 17.6 Å². The van der Waals surface area contributed by atoms with Gasteiger partial charge in [-0.15, -0.1) is 0 Å². The van der Waals surface area contributed by atoms with Gasteiger partial charge in [-0.25, -0.2) is 4.98 Å². The minimum Gasteiger partial charge on any atom is -0.278 e. The highest BCUT2D eigenvalue weighted by Gasteiger charge is 2.36. The average molecular weight is 987 g/mol. The van der Waals surface area contributed by atoms with Gasteiger partial charge in [-0.3, -0.25) is 4.57 Å². The van der Waals surface area contributed by atoms with Crippen molar-refractivity contribution in [2.45, 2.75) is 38.0 Å². The Balaban J connectivity index is 0.971. The zero-order valence-corrected chi connectivity index (χ0v) is 43.3. The molecule has 0 amide bonds. The Hall–Kier alpha value is -9.51. The summed E-state index contributed by atoms with van der Waals surface area (Å²) in [6.45, 7) is 7.05. The van der Waals surface area contributed by atoms with Crippen molar-refractivity contribution in [3.63, 3.8) is 0 Å². The molecule has 10 aromatic carbocycles. The molecule has 14 rings (SSSR count). The third kappa shape index (κ3) is 8.12. The average Bonchev–Trinajstić information content (AvgIpc) is 4.15. The highest BCUT2D eigenvalue weighted by molar-refractivity contribution is 6.11. The van der Waals surface area contributed by atoms with Gasteiger partial charge in [0.25, 0.3) is 0 Å². The van der Waals surface area contributed by atoms with Crippen LogP contribution in [0.15, 0.2) is 261 Å². The molecule has 0 fully saturated rings. The van der Waals surface area contributed by atoms with E-state index in [1.807, 2.05) is 0 Å². The maximum Gasteiger partial charge on any atom is 0.238 e. The van der Waals surface area contributed by atoms with E-state index in [-0.39, 0.29) is 10.8 Å². The molecular weight excluding hydrogens is 933 g/mol. The van der Waals surface area contributed by atoms with E-state index in [0.717, 1.165) is 67.4 Å². The maximum atomic E-state index is 5.54. The molecule has 0 radical (unpaired) electrons. The van der Waals surface area contributed by atoms with E-state index >= 15 is 0 Å². The number of rotatable bonds is 9. The molecule has 2 heterocycles. The van der Waals surface area contributed by atoms with Crippen LogP contribution in [0.5, 0.6) is 0 Å². The molecular formula is C73H54N4. The molecule has 1 unspecified atom stereocenters. The molecule has 0 N–H and O–H groups in total. The quantitative estimate of drug-likeness (QED) is 0.145. The molecule has 77 heavy (non-hydrogen) atoms. The van der Waals surface area contributed by atoms with E-state index in [4.69, 9.17) is 15.0 Å². The minimum atomic E-state index is -0.236. The fraction of sp³-hybridized carbons (Fsp3) is 0.0822. The van der Waals surface area contributed by atoms with Crippen molar-refractivity contribution in [1.82, 2.24) is 19.5 Å². The molecule has 0 saturated carbocycles. The van der Waals surface area contributed by atoms with Gasteiger partial charge in [0.05, 0.1) is 11.0 Å². The van der Waals surface area contributed by atoms with Crippen molar-refractivity contribution in [1.29, 1.82) is 0 Å². The van der Waals surface area contributed by atoms with Crippen LogP contribution in [0.25, 0.3) is 106 Å². The lowest BCUT2D eigenvalue weighted by molar-refractivity contribution is 0.611. The Labute approximate surface area is 450 Å². The molecule has 2 aromatic heterocycles. The van der Waals surface area contributed by atoms with Gasteiger partial charge in [-0.2, -0.15) is 9.97 Å². The molecule has 366 valence electrons. The molecule has 1 atom stereocenters.